The Morgan fingerprint density at radius 3 is 1.81 bits per heavy atom. The van der Waals surface area contributed by atoms with Gasteiger partial charge in [-0.05, 0) is 114 Å². The minimum atomic E-state index is -0.211. The van der Waals surface area contributed by atoms with E-state index in [1.807, 2.05) is 35.2 Å². The van der Waals surface area contributed by atoms with Crippen LogP contribution in [0.4, 0.5) is 0 Å². The summed E-state index contributed by atoms with van der Waals surface area (Å²) >= 11 is 0. The Morgan fingerprint density at radius 1 is 0.532 bits per heavy atom. The Hall–Kier alpha value is -8.71. The van der Waals surface area contributed by atoms with Gasteiger partial charge in [0.25, 0.3) is 13.0 Å². The summed E-state index contributed by atoms with van der Waals surface area (Å²) in [5.41, 5.74) is 15.5. The van der Waals surface area contributed by atoms with Crippen LogP contribution in [0.1, 0.15) is 52.7 Å². The molecule has 0 atom stereocenters. The van der Waals surface area contributed by atoms with Crippen LogP contribution in [0.5, 0.6) is 34.5 Å². The Balaban J connectivity index is 0.00000591. The van der Waals surface area contributed by atoms with Crippen LogP contribution in [-0.4, -0.2) is 20.8 Å². The van der Waals surface area contributed by atoms with Crippen molar-refractivity contribution in [2.24, 2.45) is 0 Å². The van der Waals surface area contributed by atoms with Gasteiger partial charge in [-0.25, -0.2) is 4.98 Å². The van der Waals surface area contributed by atoms with E-state index in [0.717, 1.165) is 117 Å². The van der Waals surface area contributed by atoms with Crippen molar-refractivity contribution in [3.05, 3.63) is 242 Å². The standard InChI is InChI=1S/C70H53BN4O3.Pt/c1-69(2,3)49-32-33-72-66(41-49)75-60-31-28-47(48-37-64-67-65(38-48)78-63-27-16-14-25-59(63)71(67)58-24-13-15-26-62(58)77-64)36-57(60)56-30-29-52(43-61(56)75)76-53-40-50(70(4,5)6)39-51(42-53)73-34-35-74(44-73)68-54(45-18-9-7-10-19-45)22-17-23-55(68)46-20-11-8-12-21-46;/h7-41H,1-6H3;/q-2;. The fraction of sp³-hybridized carbons (Fsp3) is 0.114. The van der Waals surface area contributed by atoms with Crippen LogP contribution in [0.2, 0.25) is 0 Å². The molecule has 0 radical (unpaired) electrons. The van der Waals surface area contributed by atoms with Gasteiger partial charge in [0.1, 0.15) is 28.8 Å². The van der Waals surface area contributed by atoms with Gasteiger partial charge in [0.05, 0.1) is 5.69 Å². The predicted molar refractivity (Wildman–Crippen MR) is 314 cm³/mol. The summed E-state index contributed by atoms with van der Waals surface area (Å²) in [6.07, 6.45) is 9.69. The second-order valence-corrected chi connectivity index (χ2v) is 22.4. The molecule has 14 rings (SSSR count). The van der Waals surface area contributed by atoms with Crippen LogP contribution >= 0.6 is 0 Å². The van der Waals surface area contributed by atoms with E-state index in [1.54, 1.807) is 0 Å². The van der Waals surface area contributed by atoms with Crippen LogP contribution in [0.3, 0.4) is 0 Å². The van der Waals surface area contributed by atoms with Crippen LogP contribution in [0.25, 0.3) is 72.4 Å². The van der Waals surface area contributed by atoms with E-state index < -0.39 is 0 Å². The summed E-state index contributed by atoms with van der Waals surface area (Å²) in [7, 11) is 0. The van der Waals surface area contributed by atoms with Crippen LogP contribution in [0.15, 0.2) is 213 Å². The second kappa shape index (κ2) is 19.3. The van der Waals surface area contributed by atoms with Crippen molar-refractivity contribution < 1.29 is 39.8 Å². The van der Waals surface area contributed by atoms with Gasteiger partial charge in [-0.15, -0.1) is 29.7 Å². The second-order valence-electron chi connectivity index (χ2n) is 22.4. The number of hydrogen-bond donors (Lipinski definition) is 0. The fourth-order valence-electron chi connectivity index (χ4n) is 11.3. The zero-order valence-corrected chi connectivity index (χ0v) is 46.9. The van der Waals surface area contributed by atoms with E-state index in [1.165, 1.54) is 5.56 Å². The van der Waals surface area contributed by atoms with Crippen molar-refractivity contribution >= 4 is 44.9 Å². The van der Waals surface area contributed by atoms with E-state index in [9.17, 15) is 0 Å². The quantitative estimate of drug-likeness (QED) is 0.0864. The number of pyridine rings is 1. The first kappa shape index (κ1) is 49.8. The van der Waals surface area contributed by atoms with Gasteiger partial charge >= 0.3 is 0 Å². The van der Waals surface area contributed by atoms with E-state index in [0.29, 0.717) is 11.5 Å². The van der Waals surface area contributed by atoms with Crippen LogP contribution in [-0.2, 0) is 31.9 Å². The Labute approximate surface area is 475 Å². The number of nitrogens with zero attached hydrogens (tertiary/aromatic N) is 4. The number of imidazole rings is 1. The summed E-state index contributed by atoms with van der Waals surface area (Å²) in [6, 6.07) is 75.3. The Bertz CT molecular complexity index is 4210. The maximum Gasteiger partial charge on any atom is 0.267 e. The number of benzene rings is 9. The summed E-state index contributed by atoms with van der Waals surface area (Å²) in [4.78, 5) is 5.02. The van der Waals surface area contributed by atoms with Crippen molar-refractivity contribution in [1.29, 1.82) is 0 Å². The third kappa shape index (κ3) is 8.85. The molecule has 0 fully saturated rings. The number of fused-ring (bicyclic) bond motifs is 7. The van der Waals surface area contributed by atoms with Gasteiger partial charge in [0.15, 0.2) is 0 Å². The molecule has 0 saturated carbocycles. The maximum atomic E-state index is 6.92. The zero-order chi connectivity index (χ0) is 52.9. The molecule has 0 N–H and O–H groups in total. The molecule has 7 nitrogen and oxygen atoms in total. The molecule has 12 aromatic rings. The molecule has 0 amide bonds. The molecule has 2 aliphatic heterocycles. The normalized spacial score (nSPS) is 12.5. The first-order chi connectivity index (χ1) is 37.9. The fourth-order valence-corrected chi connectivity index (χ4v) is 11.3. The first-order valence-corrected chi connectivity index (χ1v) is 26.6. The molecule has 9 heteroatoms. The third-order valence-corrected chi connectivity index (χ3v) is 15.3. The minimum Gasteiger partial charge on any atom is -0.510 e. The van der Waals surface area contributed by atoms with E-state index in [4.69, 9.17) is 19.2 Å². The predicted octanol–water partition coefficient (Wildman–Crippen LogP) is 14.8. The molecule has 0 saturated heterocycles. The molecule has 0 aliphatic carbocycles. The molecule has 2 aliphatic rings. The molecular formula is C70H53BN4O3Pt-2. The van der Waals surface area contributed by atoms with Crippen molar-refractivity contribution in [3.63, 3.8) is 0 Å². The summed E-state index contributed by atoms with van der Waals surface area (Å²) < 4.78 is 26.7. The molecule has 0 spiro atoms. The average Bonchev–Trinajstić information content (AvgIpc) is 4.32. The molecule has 79 heavy (non-hydrogen) atoms. The van der Waals surface area contributed by atoms with Gasteiger partial charge in [0.2, 0.25) is 0 Å². The molecule has 0 bridgehead atoms. The molecule has 5 heterocycles. The summed E-state index contributed by atoms with van der Waals surface area (Å²) in [5.74, 6) is 5.26. The summed E-state index contributed by atoms with van der Waals surface area (Å²) in [5, 5.41) is 2.07. The van der Waals surface area contributed by atoms with Crippen molar-refractivity contribution in [3.8, 4) is 85.1 Å². The van der Waals surface area contributed by atoms with E-state index >= 15 is 0 Å². The number of aromatic nitrogens is 4. The smallest absolute Gasteiger partial charge is 0.267 e. The largest absolute Gasteiger partial charge is 0.510 e. The van der Waals surface area contributed by atoms with Crippen LogP contribution < -0.4 is 35.2 Å². The van der Waals surface area contributed by atoms with Crippen molar-refractivity contribution in [2.45, 2.75) is 52.4 Å². The zero-order valence-electron chi connectivity index (χ0n) is 44.6. The average molecular weight is 1200 g/mol. The van der Waals surface area contributed by atoms with Gasteiger partial charge in [-0.2, -0.15) is 17.7 Å². The number of rotatable bonds is 8. The van der Waals surface area contributed by atoms with Crippen LogP contribution in [0, 0.1) is 18.5 Å². The first-order valence-electron chi connectivity index (χ1n) is 26.6. The van der Waals surface area contributed by atoms with Gasteiger partial charge < -0.3 is 23.3 Å². The maximum absolute atomic E-state index is 6.92. The van der Waals surface area contributed by atoms with E-state index in [2.05, 4.69) is 251 Å². The monoisotopic (exact) mass is 1200 g/mol. The number of para-hydroxylation sites is 3. The molecule has 3 aromatic heterocycles. The number of ether oxygens (including phenoxy) is 3. The van der Waals surface area contributed by atoms with E-state index in [-0.39, 0.29) is 38.6 Å². The SMILES string of the molecule is CC(C)(C)c1cc(Oc2[c-]c3c(cc2)c2cc(-c4cc5c6c(c4)Oc4ccccc4B6c4ccccc4O5)ccc2n3-c2cc(C(C)(C)C)ccn2)[c-]c(-n2[c-][n+](-c3c(-c4ccccc4)cccc3-c3ccccc3)cc2)c1.[Pt]. The Morgan fingerprint density at radius 2 is 1.16 bits per heavy atom. The van der Waals surface area contributed by atoms with Crippen molar-refractivity contribution in [2.75, 3.05) is 0 Å². The van der Waals surface area contributed by atoms with Gasteiger partial charge in [-0.3, -0.25) is 4.57 Å². The topological polar surface area (TPSA) is 54.3 Å². The molecular weight excluding hydrogens is 1150 g/mol. The van der Waals surface area contributed by atoms with Gasteiger partial charge in [0, 0.05) is 62.1 Å². The number of hydrogen-bond acceptors (Lipinski definition) is 4. The third-order valence-electron chi connectivity index (χ3n) is 15.3. The molecule has 9 aromatic carbocycles. The summed E-state index contributed by atoms with van der Waals surface area (Å²) in [6.45, 7) is 13.3. The molecule has 386 valence electrons. The van der Waals surface area contributed by atoms with Crippen molar-refractivity contribution in [1.82, 2.24) is 14.1 Å². The Kier molecular flexibility index (Phi) is 12.2. The minimum absolute atomic E-state index is 0. The molecule has 0 unspecified atom stereocenters. The van der Waals surface area contributed by atoms with Gasteiger partial charge in [-0.1, -0.05) is 174 Å².